The lowest BCUT2D eigenvalue weighted by Gasteiger charge is -2.18. The molecule has 0 bridgehead atoms. The number of nitrogens with one attached hydrogen (secondary N) is 1. The van der Waals surface area contributed by atoms with Gasteiger partial charge >= 0.3 is 0 Å². The van der Waals surface area contributed by atoms with Gasteiger partial charge in [-0.15, -0.1) is 0 Å². The van der Waals surface area contributed by atoms with Gasteiger partial charge in [0.05, 0.1) is 0 Å². The van der Waals surface area contributed by atoms with Crippen LogP contribution in [0, 0.1) is 0 Å². The quantitative estimate of drug-likeness (QED) is 0.848. The van der Waals surface area contributed by atoms with Crippen molar-refractivity contribution in [1.29, 1.82) is 0 Å². The van der Waals surface area contributed by atoms with E-state index in [0.717, 1.165) is 31.0 Å². The van der Waals surface area contributed by atoms with E-state index in [1.165, 1.54) is 5.56 Å². The summed E-state index contributed by atoms with van der Waals surface area (Å²) in [4.78, 5) is 11.0. The Balaban J connectivity index is 1.86. The summed E-state index contributed by atoms with van der Waals surface area (Å²) >= 11 is 0. The molecule has 1 N–H and O–H groups in total. The van der Waals surface area contributed by atoms with Crippen LogP contribution < -0.4 is 10.2 Å². The van der Waals surface area contributed by atoms with Crippen LogP contribution in [-0.2, 0) is 13.0 Å². The van der Waals surface area contributed by atoms with Gasteiger partial charge in [0.15, 0.2) is 0 Å². The number of hydrogen-bond donors (Lipinski definition) is 1. The van der Waals surface area contributed by atoms with Gasteiger partial charge in [-0.2, -0.15) is 0 Å². The molecule has 0 saturated heterocycles. The number of likely N-dealkylation sites (N-methyl/N-ethyl adjacent to an activating group) is 1. The predicted octanol–water partition coefficient (Wildman–Crippen LogP) is 2.65. The van der Waals surface area contributed by atoms with Crippen molar-refractivity contribution >= 4 is 5.82 Å². The zero-order valence-corrected chi connectivity index (χ0v) is 13.1. The van der Waals surface area contributed by atoms with E-state index in [9.17, 15) is 0 Å². The summed E-state index contributed by atoms with van der Waals surface area (Å²) in [6.07, 6.45) is 4.71. The number of aromatic nitrogens is 2. The number of nitrogens with zero attached hydrogens (tertiary/aromatic N) is 3. The Morgan fingerprint density at radius 1 is 1.14 bits per heavy atom. The molecular weight excluding hydrogens is 260 g/mol. The fourth-order valence-corrected chi connectivity index (χ4v) is 2.01. The summed E-state index contributed by atoms with van der Waals surface area (Å²) in [5, 5.41) is 3.40. The van der Waals surface area contributed by atoms with E-state index in [4.69, 9.17) is 0 Å². The van der Waals surface area contributed by atoms with Gasteiger partial charge in [0.1, 0.15) is 5.82 Å². The second-order valence-corrected chi connectivity index (χ2v) is 5.55. The van der Waals surface area contributed by atoms with Crippen LogP contribution >= 0.6 is 0 Å². The van der Waals surface area contributed by atoms with E-state index < -0.39 is 0 Å². The highest BCUT2D eigenvalue weighted by molar-refractivity contribution is 5.38. The van der Waals surface area contributed by atoms with Crippen LogP contribution in [0.15, 0.2) is 42.7 Å². The van der Waals surface area contributed by atoms with Gasteiger partial charge in [-0.25, -0.2) is 4.98 Å². The molecule has 2 aromatic rings. The molecule has 4 heteroatoms. The average molecular weight is 284 g/mol. The molecule has 0 radical (unpaired) electrons. The van der Waals surface area contributed by atoms with Gasteiger partial charge in [0.25, 0.3) is 0 Å². The molecule has 0 atom stereocenters. The Labute approximate surface area is 127 Å². The maximum Gasteiger partial charge on any atom is 0.128 e. The maximum atomic E-state index is 4.53. The molecule has 21 heavy (non-hydrogen) atoms. The second-order valence-electron chi connectivity index (χ2n) is 5.55. The topological polar surface area (TPSA) is 41.0 Å². The molecule has 4 nitrogen and oxygen atoms in total. The molecule has 0 aliphatic carbocycles. The van der Waals surface area contributed by atoms with Gasteiger partial charge in [-0.05, 0) is 23.8 Å². The molecule has 0 spiro atoms. The van der Waals surface area contributed by atoms with Crippen LogP contribution in [0.3, 0.4) is 0 Å². The number of hydrogen-bond acceptors (Lipinski definition) is 4. The van der Waals surface area contributed by atoms with Crippen molar-refractivity contribution in [3.8, 4) is 0 Å². The van der Waals surface area contributed by atoms with Gasteiger partial charge in [-0.3, -0.25) is 4.98 Å². The molecule has 0 aliphatic heterocycles. The average Bonchev–Trinajstić information content (AvgIpc) is 2.52. The van der Waals surface area contributed by atoms with E-state index in [0.29, 0.717) is 6.04 Å². The Morgan fingerprint density at radius 2 is 2.00 bits per heavy atom. The fourth-order valence-electron chi connectivity index (χ4n) is 2.01. The molecule has 0 amide bonds. The molecule has 112 valence electrons. The highest BCUT2D eigenvalue weighted by Crippen LogP contribution is 2.10. The largest absolute Gasteiger partial charge is 0.359 e. The van der Waals surface area contributed by atoms with E-state index in [-0.39, 0.29) is 0 Å². The van der Waals surface area contributed by atoms with Crippen LogP contribution in [0.25, 0.3) is 0 Å². The summed E-state index contributed by atoms with van der Waals surface area (Å²) in [5.41, 5.74) is 2.33. The molecule has 0 saturated carbocycles. The molecule has 0 unspecified atom stereocenters. The fraction of sp³-hybridized carbons (Fsp3) is 0.412. The Kier molecular flexibility index (Phi) is 5.69. The second kappa shape index (κ2) is 7.74. The summed E-state index contributed by atoms with van der Waals surface area (Å²) in [5.74, 6) is 0.999. The minimum absolute atomic E-state index is 0.491. The standard InChI is InChI=1S/C17H24N4/c1-14(2)19-12-15-7-8-17(20-13-15)21(3)11-9-16-6-4-5-10-18-16/h4-8,10,13-14,19H,9,11-12H2,1-3H3. The van der Waals surface area contributed by atoms with Crippen LogP contribution in [0.5, 0.6) is 0 Å². The Morgan fingerprint density at radius 3 is 2.62 bits per heavy atom. The van der Waals surface area contributed by atoms with E-state index in [1.807, 2.05) is 24.5 Å². The molecule has 0 aromatic carbocycles. The highest BCUT2D eigenvalue weighted by Gasteiger charge is 2.04. The molecule has 2 heterocycles. The first-order valence-corrected chi connectivity index (χ1v) is 7.44. The normalized spacial score (nSPS) is 10.9. The number of pyridine rings is 2. The smallest absolute Gasteiger partial charge is 0.128 e. The van der Waals surface area contributed by atoms with Gasteiger partial charge < -0.3 is 10.2 Å². The van der Waals surface area contributed by atoms with E-state index >= 15 is 0 Å². The molecular formula is C17H24N4. The minimum Gasteiger partial charge on any atom is -0.359 e. The lowest BCUT2D eigenvalue weighted by atomic mass is 10.2. The van der Waals surface area contributed by atoms with Crippen molar-refractivity contribution in [1.82, 2.24) is 15.3 Å². The lowest BCUT2D eigenvalue weighted by molar-refractivity contribution is 0.588. The van der Waals surface area contributed by atoms with Gasteiger partial charge in [0.2, 0.25) is 0 Å². The summed E-state index contributed by atoms with van der Waals surface area (Å²) < 4.78 is 0. The van der Waals surface area contributed by atoms with E-state index in [2.05, 4.69) is 59.3 Å². The third-order valence-corrected chi connectivity index (χ3v) is 3.34. The Bertz CT molecular complexity index is 522. The third-order valence-electron chi connectivity index (χ3n) is 3.34. The minimum atomic E-state index is 0.491. The monoisotopic (exact) mass is 284 g/mol. The van der Waals surface area contributed by atoms with Crippen molar-refractivity contribution in [2.45, 2.75) is 32.9 Å². The molecule has 0 fully saturated rings. The van der Waals surface area contributed by atoms with Crippen molar-refractivity contribution in [3.63, 3.8) is 0 Å². The van der Waals surface area contributed by atoms with Crippen molar-refractivity contribution < 1.29 is 0 Å². The van der Waals surface area contributed by atoms with Crippen molar-refractivity contribution in [2.75, 3.05) is 18.5 Å². The van der Waals surface area contributed by atoms with Crippen molar-refractivity contribution in [2.24, 2.45) is 0 Å². The third kappa shape index (κ3) is 5.16. The van der Waals surface area contributed by atoms with Crippen molar-refractivity contribution in [3.05, 3.63) is 54.0 Å². The van der Waals surface area contributed by atoms with Gasteiger partial charge in [0, 0.05) is 50.7 Å². The number of rotatable bonds is 7. The van der Waals surface area contributed by atoms with Gasteiger partial charge in [-0.1, -0.05) is 26.0 Å². The highest BCUT2D eigenvalue weighted by atomic mass is 15.2. The lowest BCUT2D eigenvalue weighted by Crippen LogP contribution is -2.23. The first-order chi connectivity index (χ1) is 10.1. The molecule has 2 aromatic heterocycles. The number of anilines is 1. The van der Waals surface area contributed by atoms with Crippen LogP contribution in [0.1, 0.15) is 25.1 Å². The van der Waals surface area contributed by atoms with Crippen LogP contribution in [0.4, 0.5) is 5.82 Å². The zero-order chi connectivity index (χ0) is 15.1. The maximum absolute atomic E-state index is 4.53. The van der Waals surface area contributed by atoms with E-state index in [1.54, 1.807) is 0 Å². The predicted molar refractivity (Wildman–Crippen MR) is 87.4 cm³/mol. The molecule has 0 aliphatic rings. The molecule has 2 rings (SSSR count). The summed E-state index contributed by atoms with van der Waals surface area (Å²) in [6.45, 7) is 6.07. The zero-order valence-electron chi connectivity index (χ0n) is 13.1. The first kappa shape index (κ1) is 15.4. The SMILES string of the molecule is CC(C)NCc1ccc(N(C)CCc2ccccn2)nc1. The van der Waals surface area contributed by atoms with Crippen LogP contribution in [-0.4, -0.2) is 29.6 Å². The van der Waals surface area contributed by atoms with Crippen LogP contribution in [0.2, 0.25) is 0 Å². The Hall–Kier alpha value is -1.94. The first-order valence-electron chi connectivity index (χ1n) is 7.44. The summed E-state index contributed by atoms with van der Waals surface area (Å²) in [6, 6.07) is 10.7. The summed E-state index contributed by atoms with van der Waals surface area (Å²) in [7, 11) is 2.07.